The highest BCUT2D eigenvalue weighted by atomic mass is 35.5. The Morgan fingerprint density at radius 2 is 1.92 bits per heavy atom. The van der Waals surface area contributed by atoms with Crippen molar-refractivity contribution >= 4 is 12.4 Å². The fourth-order valence-corrected chi connectivity index (χ4v) is 2.86. The second-order valence-corrected chi connectivity index (χ2v) is 5.96. The fourth-order valence-electron chi connectivity index (χ4n) is 2.86. The third-order valence-electron chi connectivity index (χ3n) is 4.14. The molecule has 0 saturated heterocycles. The zero-order valence-corrected chi connectivity index (χ0v) is 15.2. The van der Waals surface area contributed by atoms with Gasteiger partial charge in [-0.15, -0.1) is 12.4 Å². The monoisotopic (exact) mass is 365 g/mol. The van der Waals surface area contributed by atoms with Crippen molar-refractivity contribution in [1.82, 2.24) is 5.32 Å². The summed E-state index contributed by atoms with van der Waals surface area (Å²) < 4.78 is 16.0. The van der Waals surface area contributed by atoms with Crippen LogP contribution >= 0.6 is 12.4 Å². The lowest BCUT2D eigenvalue weighted by Crippen LogP contribution is -2.32. The van der Waals surface area contributed by atoms with E-state index in [2.05, 4.69) is 12.2 Å². The van der Waals surface area contributed by atoms with Crippen LogP contribution in [0.5, 0.6) is 17.2 Å². The van der Waals surface area contributed by atoms with E-state index in [4.69, 9.17) is 14.2 Å². The van der Waals surface area contributed by atoms with Crippen molar-refractivity contribution < 1.29 is 19.3 Å². The standard InChI is InChI=1S/C19H23NO4.ClH/c1-13(9-14-7-8-18-19(10-14)24-12-23-18)20-11-16(21)15-5-3-4-6-17(15)22-2;/h3-8,10,13,16,20-21H,9,11-12H2,1-2H3;1H. The first-order valence-electron chi connectivity index (χ1n) is 8.10. The average molecular weight is 366 g/mol. The Balaban J connectivity index is 0.00000225. The molecule has 5 nitrogen and oxygen atoms in total. The maximum Gasteiger partial charge on any atom is 0.231 e. The van der Waals surface area contributed by atoms with Crippen molar-refractivity contribution in [3.8, 4) is 17.2 Å². The Morgan fingerprint density at radius 3 is 2.72 bits per heavy atom. The molecular weight excluding hydrogens is 342 g/mol. The number of fused-ring (bicyclic) bond motifs is 1. The van der Waals surface area contributed by atoms with Crippen molar-refractivity contribution in [2.45, 2.75) is 25.5 Å². The molecule has 1 heterocycles. The van der Waals surface area contributed by atoms with Crippen molar-refractivity contribution in [1.29, 1.82) is 0 Å². The summed E-state index contributed by atoms with van der Waals surface area (Å²) in [4.78, 5) is 0. The SMILES string of the molecule is COc1ccccc1C(O)CNC(C)Cc1ccc2c(c1)OCO2.Cl. The van der Waals surface area contributed by atoms with E-state index in [1.54, 1.807) is 7.11 Å². The second-order valence-electron chi connectivity index (χ2n) is 5.96. The summed E-state index contributed by atoms with van der Waals surface area (Å²) in [6.45, 7) is 2.85. The number of nitrogens with one attached hydrogen (secondary N) is 1. The van der Waals surface area contributed by atoms with Crippen molar-refractivity contribution in [2.75, 3.05) is 20.4 Å². The molecule has 2 N–H and O–H groups in total. The van der Waals surface area contributed by atoms with Gasteiger partial charge in [0.05, 0.1) is 13.2 Å². The largest absolute Gasteiger partial charge is 0.496 e. The fraction of sp³-hybridized carbons (Fsp3) is 0.368. The molecule has 1 aliphatic heterocycles. The number of hydrogen-bond acceptors (Lipinski definition) is 5. The summed E-state index contributed by atoms with van der Waals surface area (Å²) >= 11 is 0. The second kappa shape index (κ2) is 8.94. The maximum absolute atomic E-state index is 10.4. The molecule has 0 aromatic heterocycles. The third kappa shape index (κ3) is 4.78. The normalized spacial score (nSPS) is 14.5. The van der Waals surface area contributed by atoms with E-state index in [1.807, 2.05) is 42.5 Å². The van der Waals surface area contributed by atoms with E-state index < -0.39 is 6.10 Å². The summed E-state index contributed by atoms with van der Waals surface area (Å²) in [5, 5.41) is 13.8. The topological polar surface area (TPSA) is 60.0 Å². The summed E-state index contributed by atoms with van der Waals surface area (Å²) in [6.07, 6.45) is 0.232. The van der Waals surface area contributed by atoms with E-state index in [9.17, 15) is 5.11 Å². The average Bonchev–Trinajstić information content (AvgIpc) is 3.07. The van der Waals surface area contributed by atoms with Gasteiger partial charge in [0, 0.05) is 18.2 Å². The predicted molar refractivity (Wildman–Crippen MR) is 98.9 cm³/mol. The molecule has 0 fully saturated rings. The quantitative estimate of drug-likeness (QED) is 0.789. The molecule has 2 aromatic rings. The summed E-state index contributed by atoms with van der Waals surface area (Å²) in [6, 6.07) is 13.7. The first kappa shape index (κ1) is 19.4. The van der Waals surface area contributed by atoms with Crippen LogP contribution in [0.2, 0.25) is 0 Å². The smallest absolute Gasteiger partial charge is 0.231 e. The number of halogens is 1. The highest BCUT2D eigenvalue weighted by Crippen LogP contribution is 2.32. The number of aliphatic hydroxyl groups is 1. The molecule has 6 heteroatoms. The van der Waals surface area contributed by atoms with Gasteiger partial charge in [-0.1, -0.05) is 24.3 Å². The molecule has 3 rings (SSSR count). The molecule has 0 amide bonds. The van der Waals surface area contributed by atoms with Gasteiger partial charge in [0.15, 0.2) is 11.5 Å². The number of rotatable bonds is 7. The molecule has 136 valence electrons. The lowest BCUT2D eigenvalue weighted by atomic mass is 10.0. The van der Waals surface area contributed by atoms with Gasteiger partial charge in [0.1, 0.15) is 5.75 Å². The third-order valence-corrected chi connectivity index (χ3v) is 4.14. The summed E-state index contributed by atoms with van der Waals surface area (Å²) in [5.74, 6) is 2.30. The van der Waals surface area contributed by atoms with Gasteiger partial charge < -0.3 is 24.6 Å². The molecule has 0 aliphatic carbocycles. The molecule has 0 spiro atoms. The molecule has 0 bridgehead atoms. The Kier molecular flexibility index (Phi) is 6.93. The number of para-hydroxylation sites is 1. The first-order valence-corrected chi connectivity index (χ1v) is 8.10. The van der Waals surface area contributed by atoms with Gasteiger partial charge in [-0.05, 0) is 37.1 Å². The molecular formula is C19H24ClNO4. The predicted octanol–water partition coefficient (Wildman–Crippen LogP) is 3.10. The summed E-state index contributed by atoms with van der Waals surface area (Å²) in [5.41, 5.74) is 1.97. The van der Waals surface area contributed by atoms with E-state index in [-0.39, 0.29) is 25.2 Å². The molecule has 0 saturated carbocycles. The van der Waals surface area contributed by atoms with Crippen LogP contribution in [0.25, 0.3) is 0 Å². The maximum atomic E-state index is 10.4. The van der Waals surface area contributed by atoms with Crippen LogP contribution in [0.3, 0.4) is 0 Å². The van der Waals surface area contributed by atoms with E-state index in [1.165, 1.54) is 5.56 Å². The molecule has 0 radical (unpaired) electrons. The lowest BCUT2D eigenvalue weighted by Gasteiger charge is -2.19. The van der Waals surface area contributed by atoms with Crippen LogP contribution in [0, 0.1) is 0 Å². The minimum atomic E-state index is -0.611. The minimum absolute atomic E-state index is 0. The Bertz CT molecular complexity index is 695. The molecule has 2 aromatic carbocycles. The van der Waals surface area contributed by atoms with Crippen molar-refractivity contribution in [2.24, 2.45) is 0 Å². The number of benzene rings is 2. The Hall–Kier alpha value is -1.95. The minimum Gasteiger partial charge on any atom is -0.496 e. The highest BCUT2D eigenvalue weighted by Gasteiger charge is 2.16. The van der Waals surface area contributed by atoms with Crippen molar-refractivity contribution in [3.05, 3.63) is 53.6 Å². The van der Waals surface area contributed by atoms with Crippen LogP contribution in [0.1, 0.15) is 24.2 Å². The number of ether oxygens (including phenoxy) is 3. The molecule has 1 aliphatic rings. The van der Waals surface area contributed by atoms with Gasteiger partial charge in [0.2, 0.25) is 6.79 Å². The first-order chi connectivity index (χ1) is 11.7. The molecule has 2 atom stereocenters. The number of methoxy groups -OCH3 is 1. The van der Waals surface area contributed by atoms with Crippen LogP contribution in [0.15, 0.2) is 42.5 Å². The van der Waals surface area contributed by atoms with E-state index in [0.29, 0.717) is 12.3 Å². The molecule has 25 heavy (non-hydrogen) atoms. The Morgan fingerprint density at radius 1 is 1.16 bits per heavy atom. The zero-order chi connectivity index (χ0) is 16.9. The Labute approximate surface area is 154 Å². The van der Waals surface area contributed by atoms with Gasteiger partial charge in [-0.3, -0.25) is 0 Å². The zero-order valence-electron chi connectivity index (χ0n) is 14.4. The van der Waals surface area contributed by atoms with Crippen molar-refractivity contribution in [3.63, 3.8) is 0 Å². The lowest BCUT2D eigenvalue weighted by molar-refractivity contribution is 0.166. The van der Waals surface area contributed by atoms with Gasteiger partial charge in [-0.2, -0.15) is 0 Å². The van der Waals surface area contributed by atoms with Crippen LogP contribution in [-0.2, 0) is 6.42 Å². The van der Waals surface area contributed by atoms with E-state index in [0.717, 1.165) is 23.5 Å². The van der Waals surface area contributed by atoms with Crippen LogP contribution < -0.4 is 19.5 Å². The van der Waals surface area contributed by atoms with Gasteiger partial charge in [0.25, 0.3) is 0 Å². The molecule has 2 unspecified atom stereocenters. The highest BCUT2D eigenvalue weighted by molar-refractivity contribution is 5.85. The van der Waals surface area contributed by atoms with Crippen LogP contribution in [-0.4, -0.2) is 31.6 Å². The van der Waals surface area contributed by atoms with Gasteiger partial charge in [-0.25, -0.2) is 0 Å². The van der Waals surface area contributed by atoms with Gasteiger partial charge >= 0.3 is 0 Å². The summed E-state index contributed by atoms with van der Waals surface area (Å²) in [7, 11) is 1.61. The van der Waals surface area contributed by atoms with Crippen LogP contribution in [0.4, 0.5) is 0 Å². The number of hydrogen-bond donors (Lipinski definition) is 2. The number of aliphatic hydroxyl groups excluding tert-OH is 1. The van der Waals surface area contributed by atoms with E-state index >= 15 is 0 Å².